The van der Waals surface area contributed by atoms with E-state index in [-0.39, 0.29) is 19.1 Å². The van der Waals surface area contributed by atoms with Crippen molar-refractivity contribution in [1.82, 2.24) is 0 Å². The van der Waals surface area contributed by atoms with Gasteiger partial charge in [0.25, 0.3) is 0 Å². The summed E-state index contributed by atoms with van der Waals surface area (Å²) in [4.78, 5) is 12.2. The Balaban J connectivity index is 3.09. The van der Waals surface area contributed by atoms with Crippen LogP contribution in [0.1, 0.15) is 25.3 Å². The number of aliphatic hydroxyl groups is 1. The molecular formula is C14H21NO3. The number of hydrogen-bond acceptors (Lipinski definition) is 4. The van der Waals surface area contributed by atoms with Gasteiger partial charge in [0.1, 0.15) is 5.41 Å². The van der Waals surface area contributed by atoms with Crippen LogP contribution in [0, 0.1) is 0 Å². The molecule has 0 aliphatic rings. The molecule has 3 N–H and O–H groups in total. The lowest BCUT2D eigenvalue weighted by Gasteiger charge is -2.30. The van der Waals surface area contributed by atoms with Gasteiger partial charge < -0.3 is 15.6 Å². The summed E-state index contributed by atoms with van der Waals surface area (Å²) in [6.07, 6.45) is 1.01. The van der Waals surface area contributed by atoms with Gasteiger partial charge in [0.2, 0.25) is 0 Å². The predicted octanol–water partition coefficient (Wildman–Crippen LogP) is 1.22. The molecule has 0 saturated carbocycles. The minimum atomic E-state index is -0.847. The molecule has 18 heavy (non-hydrogen) atoms. The molecule has 1 unspecified atom stereocenters. The number of aliphatic hydroxyl groups excluding tert-OH is 1. The van der Waals surface area contributed by atoms with E-state index >= 15 is 0 Å². The maximum Gasteiger partial charge on any atom is 0.317 e. The van der Waals surface area contributed by atoms with Crippen molar-refractivity contribution in [3.8, 4) is 0 Å². The summed E-state index contributed by atoms with van der Waals surface area (Å²) in [6, 6.07) is 9.39. The van der Waals surface area contributed by atoms with E-state index in [0.717, 1.165) is 5.56 Å². The molecule has 0 bridgehead atoms. The first-order valence-electron chi connectivity index (χ1n) is 6.25. The van der Waals surface area contributed by atoms with E-state index in [0.29, 0.717) is 19.4 Å². The van der Waals surface area contributed by atoms with Gasteiger partial charge in [-0.25, -0.2) is 0 Å². The van der Waals surface area contributed by atoms with Crippen LogP contribution in [0.4, 0.5) is 0 Å². The largest absolute Gasteiger partial charge is 0.465 e. The van der Waals surface area contributed by atoms with Gasteiger partial charge in [-0.3, -0.25) is 4.79 Å². The van der Waals surface area contributed by atoms with Gasteiger partial charge >= 0.3 is 5.97 Å². The molecule has 1 rings (SSSR count). The van der Waals surface area contributed by atoms with Gasteiger partial charge in [-0.15, -0.1) is 0 Å². The molecule has 4 heteroatoms. The number of hydrogen-bond donors (Lipinski definition) is 2. The quantitative estimate of drug-likeness (QED) is 0.715. The number of carbonyl (C=O) groups is 1. The predicted molar refractivity (Wildman–Crippen MR) is 70.1 cm³/mol. The van der Waals surface area contributed by atoms with E-state index < -0.39 is 5.41 Å². The molecule has 0 aromatic heterocycles. The smallest absolute Gasteiger partial charge is 0.317 e. The Morgan fingerprint density at radius 2 is 2.06 bits per heavy atom. The first-order valence-corrected chi connectivity index (χ1v) is 6.25. The first kappa shape index (κ1) is 14.7. The molecule has 0 aliphatic heterocycles. The maximum atomic E-state index is 12.2. The lowest BCUT2D eigenvalue weighted by molar-refractivity contribution is -0.150. The number of nitrogens with two attached hydrogens (primary N) is 1. The highest BCUT2D eigenvalue weighted by molar-refractivity contribution is 5.83. The third-order valence-corrected chi connectivity index (χ3v) is 3.10. The van der Waals surface area contributed by atoms with Crippen molar-refractivity contribution in [1.29, 1.82) is 0 Å². The SMILES string of the molecule is CCOC(=O)C(CN)(CCCO)c1ccccc1. The minimum Gasteiger partial charge on any atom is -0.465 e. The minimum absolute atomic E-state index is 0.0357. The van der Waals surface area contributed by atoms with Crippen LogP contribution in [-0.4, -0.2) is 30.8 Å². The molecule has 0 saturated heterocycles. The summed E-state index contributed by atoms with van der Waals surface area (Å²) in [5, 5.41) is 8.99. The van der Waals surface area contributed by atoms with Gasteiger partial charge in [-0.1, -0.05) is 30.3 Å². The summed E-state index contributed by atoms with van der Waals surface area (Å²) >= 11 is 0. The number of benzene rings is 1. The van der Waals surface area contributed by atoms with E-state index in [4.69, 9.17) is 15.6 Å². The fraction of sp³-hybridized carbons (Fsp3) is 0.500. The van der Waals surface area contributed by atoms with Gasteiger partial charge in [0, 0.05) is 13.2 Å². The summed E-state index contributed by atoms with van der Waals surface area (Å²) < 4.78 is 5.15. The maximum absolute atomic E-state index is 12.2. The van der Waals surface area contributed by atoms with E-state index in [2.05, 4.69) is 0 Å². The third-order valence-electron chi connectivity index (χ3n) is 3.10. The Morgan fingerprint density at radius 3 is 2.56 bits per heavy atom. The fourth-order valence-electron chi connectivity index (χ4n) is 2.07. The zero-order chi connectivity index (χ0) is 13.4. The molecule has 1 aromatic rings. The van der Waals surface area contributed by atoms with Crippen molar-refractivity contribution in [3.63, 3.8) is 0 Å². The highest BCUT2D eigenvalue weighted by Crippen LogP contribution is 2.30. The van der Waals surface area contributed by atoms with Crippen molar-refractivity contribution in [2.24, 2.45) is 5.73 Å². The van der Waals surface area contributed by atoms with E-state index in [1.165, 1.54) is 0 Å². The highest BCUT2D eigenvalue weighted by atomic mass is 16.5. The van der Waals surface area contributed by atoms with Gasteiger partial charge in [0.05, 0.1) is 6.61 Å². The molecule has 1 aromatic carbocycles. The molecule has 0 amide bonds. The van der Waals surface area contributed by atoms with Crippen LogP contribution in [0.25, 0.3) is 0 Å². The van der Waals surface area contributed by atoms with E-state index in [1.807, 2.05) is 30.3 Å². The van der Waals surface area contributed by atoms with Crippen molar-refractivity contribution < 1.29 is 14.6 Å². The Hall–Kier alpha value is -1.39. The van der Waals surface area contributed by atoms with Crippen molar-refractivity contribution in [2.45, 2.75) is 25.2 Å². The Labute approximate surface area is 108 Å². The van der Waals surface area contributed by atoms with Gasteiger partial charge in [0.15, 0.2) is 0 Å². The number of ether oxygens (including phenoxy) is 1. The van der Waals surface area contributed by atoms with Gasteiger partial charge in [-0.05, 0) is 25.3 Å². The number of carbonyl (C=O) groups excluding carboxylic acids is 1. The summed E-state index contributed by atoms with van der Waals surface area (Å²) in [7, 11) is 0. The van der Waals surface area contributed by atoms with Crippen LogP contribution < -0.4 is 5.73 Å². The zero-order valence-corrected chi connectivity index (χ0v) is 10.8. The second-order valence-corrected chi connectivity index (χ2v) is 4.20. The van der Waals surface area contributed by atoms with Crippen LogP contribution in [0.3, 0.4) is 0 Å². The monoisotopic (exact) mass is 251 g/mol. The molecule has 0 heterocycles. The first-order chi connectivity index (χ1) is 8.71. The Bertz CT molecular complexity index is 367. The van der Waals surface area contributed by atoms with Crippen molar-refractivity contribution >= 4 is 5.97 Å². The molecule has 0 spiro atoms. The summed E-state index contributed by atoms with van der Waals surface area (Å²) in [5.41, 5.74) is 5.83. The molecule has 0 aliphatic carbocycles. The third kappa shape index (κ3) is 3.09. The van der Waals surface area contributed by atoms with Crippen LogP contribution in [-0.2, 0) is 14.9 Å². The Morgan fingerprint density at radius 1 is 1.39 bits per heavy atom. The molecule has 4 nitrogen and oxygen atoms in total. The molecule has 100 valence electrons. The molecule has 0 fully saturated rings. The van der Waals surface area contributed by atoms with E-state index in [1.54, 1.807) is 6.92 Å². The van der Waals surface area contributed by atoms with Crippen LogP contribution in [0.2, 0.25) is 0 Å². The number of rotatable bonds is 7. The lowest BCUT2D eigenvalue weighted by atomic mass is 9.76. The zero-order valence-electron chi connectivity index (χ0n) is 10.8. The average Bonchev–Trinajstić information content (AvgIpc) is 2.42. The van der Waals surface area contributed by atoms with Gasteiger partial charge in [-0.2, -0.15) is 0 Å². The van der Waals surface area contributed by atoms with Crippen LogP contribution in [0.15, 0.2) is 30.3 Å². The molecule has 1 atom stereocenters. The topological polar surface area (TPSA) is 72.5 Å². The Kier molecular flexibility index (Phi) is 5.82. The summed E-state index contributed by atoms with van der Waals surface area (Å²) in [5.74, 6) is -0.313. The standard InChI is InChI=1S/C14H21NO3/c1-2-18-13(17)14(11-15,9-6-10-16)12-7-4-3-5-8-12/h3-5,7-8,16H,2,6,9-11,15H2,1H3. The fourth-order valence-corrected chi connectivity index (χ4v) is 2.07. The van der Waals surface area contributed by atoms with E-state index in [9.17, 15) is 4.79 Å². The van der Waals surface area contributed by atoms with Crippen molar-refractivity contribution in [2.75, 3.05) is 19.8 Å². The summed E-state index contributed by atoms with van der Waals surface area (Å²) in [6.45, 7) is 2.31. The van der Waals surface area contributed by atoms with Crippen LogP contribution in [0.5, 0.6) is 0 Å². The average molecular weight is 251 g/mol. The second kappa shape index (κ2) is 7.13. The number of esters is 1. The highest BCUT2D eigenvalue weighted by Gasteiger charge is 2.39. The van der Waals surface area contributed by atoms with Crippen LogP contribution >= 0.6 is 0 Å². The second-order valence-electron chi connectivity index (χ2n) is 4.20. The van der Waals surface area contributed by atoms with Crippen molar-refractivity contribution in [3.05, 3.63) is 35.9 Å². The molecular weight excluding hydrogens is 230 g/mol. The lowest BCUT2D eigenvalue weighted by Crippen LogP contribution is -2.44. The normalized spacial score (nSPS) is 13.9. The molecule has 0 radical (unpaired) electrons.